The van der Waals surface area contributed by atoms with E-state index in [1.54, 1.807) is 12.1 Å². The van der Waals surface area contributed by atoms with Gasteiger partial charge in [0.25, 0.3) is 0 Å². The number of rotatable bonds is 3. The van der Waals surface area contributed by atoms with E-state index in [1.807, 2.05) is 12.1 Å². The van der Waals surface area contributed by atoms with E-state index < -0.39 is 5.97 Å². The molecule has 0 amide bonds. The van der Waals surface area contributed by atoms with Gasteiger partial charge in [-0.3, -0.25) is 0 Å². The summed E-state index contributed by atoms with van der Waals surface area (Å²) in [6.45, 7) is 9.36. The Morgan fingerprint density at radius 3 is 2.00 bits per heavy atom. The van der Waals surface area contributed by atoms with E-state index in [9.17, 15) is 9.90 Å². The molecule has 0 spiro atoms. The Hall–Kier alpha value is -1.57. The predicted octanol–water partition coefficient (Wildman–Crippen LogP) is 2.05. The Morgan fingerprint density at radius 2 is 1.42 bits per heavy atom. The summed E-state index contributed by atoms with van der Waals surface area (Å²) in [5.74, 6) is -1.12. The van der Waals surface area contributed by atoms with E-state index in [2.05, 4.69) is 45.9 Å². The van der Waals surface area contributed by atoms with Crippen LogP contribution in [0.4, 0.5) is 0 Å². The van der Waals surface area contributed by atoms with Crippen molar-refractivity contribution in [2.24, 2.45) is 0 Å². The summed E-state index contributed by atoms with van der Waals surface area (Å²) in [5.41, 5.74) is 3.65. The third-order valence-electron chi connectivity index (χ3n) is 5.15. The second-order valence-electron chi connectivity index (χ2n) is 7.89. The van der Waals surface area contributed by atoms with E-state index in [1.165, 1.54) is 32.9 Å². The monoisotopic (exact) mass is 387 g/mol. The molecule has 0 radical (unpaired) electrons. The molecule has 0 aliphatic heterocycles. The second kappa shape index (κ2) is 6.06. The molecular formula is C21H23O2Se-. The molecule has 0 saturated heterocycles. The number of carboxylic acid groups (broad SMARTS) is 1. The molecule has 1 aliphatic rings. The first-order valence-corrected chi connectivity index (χ1v) is 10.0. The van der Waals surface area contributed by atoms with Crippen LogP contribution >= 0.6 is 0 Å². The van der Waals surface area contributed by atoms with Crippen LogP contribution in [0.15, 0.2) is 42.5 Å². The van der Waals surface area contributed by atoms with Crippen LogP contribution in [-0.4, -0.2) is 20.9 Å². The van der Waals surface area contributed by atoms with Crippen molar-refractivity contribution in [3.63, 3.8) is 0 Å². The van der Waals surface area contributed by atoms with Gasteiger partial charge < -0.3 is 0 Å². The van der Waals surface area contributed by atoms with E-state index in [-0.39, 0.29) is 31.4 Å². The molecule has 0 heterocycles. The average molecular weight is 386 g/mol. The molecule has 126 valence electrons. The third-order valence-corrected chi connectivity index (χ3v) is 7.24. The number of carbonyl (C=O) groups excluding carboxylic acids is 1. The summed E-state index contributed by atoms with van der Waals surface area (Å²) in [4.78, 5) is 10.9. The van der Waals surface area contributed by atoms with Crippen LogP contribution in [0.25, 0.3) is 0 Å². The minimum absolute atomic E-state index is 0.178. The fourth-order valence-corrected chi connectivity index (χ4v) is 5.22. The number of benzene rings is 2. The molecule has 0 fully saturated rings. The zero-order valence-electron chi connectivity index (χ0n) is 14.7. The Kier molecular flexibility index (Phi) is 4.36. The fraction of sp³-hybridized carbons (Fsp3) is 0.381. The Morgan fingerprint density at radius 1 is 0.875 bits per heavy atom. The van der Waals surface area contributed by atoms with Gasteiger partial charge in [0.15, 0.2) is 0 Å². The molecule has 3 heteroatoms. The van der Waals surface area contributed by atoms with Crippen molar-refractivity contribution < 1.29 is 9.90 Å². The van der Waals surface area contributed by atoms with Crippen molar-refractivity contribution in [2.75, 3.05) is 0 Å². The molecule has 0 N–H and O–H groups in total. The number of hydrogen-bond acceptors (Lipinski definition) is 2. The Labute approximate surface area is 150 Å². The molecule has 0 saturated carbocycles. The van der Waals surface area contributed by atoms with E-state index in [0.717, 1.165) is 0 Å². The van der Waals surface area contributed by atoms with Gasteiger partial charge in [-0.15, -0.1) is 0 Å². The molecule has 0 unspecified atom stereocenters. The number of carboxylic acids is 1. The van der Waals surface area contributed by atoms with Gasteiger partial charge in [0.05, 0.1) is 0 Å². The second-order valence-corrected chi connectivity index (χ2v) is 10.3. The zero-order valence-corrected chi connectivity index (χ0v) is 16.4. The molecule has 2 aromatic rings. The zero-order chi connectivity index (χ0) is 17.5. The molecular weight excluding hydrogens is 363 g/mol. The van der Waals surface area contributed by atoms with Crippen molar-refractivity contribution in [2.45, 2.75) is 51.4 Å². The maximum absolute atomic E-state index is 10.9. The quantitative estimate of drug-likeness (QED) is 0.758. The molecule has 0 atom stereocenters. The van der Waals surface area contributed by atoms with Gasteiger partial charge in [0, 0.05) is 0 Å². The Balaban J connectivity index is 1.92. The first kappa shape index (κ1) is 17.3. The average Bonchev–Trinajstić information content (AvgIpc) is 2.52. The summed E-state index contributed by atoms with van der Waals surface area (Å²) in [5, 5.41) is 10.9. The molecule has 1 aliphatic carbocycles. The summed E-state index contributed by atoms with van der Waals surface area (Å²) in [7, 11) is 0. The van der Waals surface area contributed by atoms with Crippen molar-refractivity contribution in [1.29, 1.82) is 0 Å². The van der Waals surface area contributed by atoms with Crippen LogP contribution in [0.1, 0.15) is 62.0 Å². The number of carbonyl (C=O) groups is 1. The number of hydrogen-bond donors (Lipinski definition) is 0. The Bertz CT molecular complexity index is 773. The van der Waals surface area contributed by atoms with E-state index >= 15 is 0 Å². The van der Waals surface area contributed by atoms with Crippen molar-refractivity contribution in [3.8, 4) is 0 Å². The van der Waals surface area contributed by atoms with Crippen LogP contribution in [0.5, 0.6) is 0 Å². The van der Waals surface area contributed by atoms with Crippen molar-refractivity contribution in [3.05, 3.63) is 59.2 Å². The van der Waals surface area contributed by atoms with Gasteiger partial charge in [-0.25, -0.2) is 0 Å². The fourth-order valence-electron chi connectivity index (χ4n) is 3.43. The predicted molar refractivity (Wildman–Crippen MR) is 97.5 cm³/mol. The van der Waals surface area contributed by atoms with Crippen LogP contribution < -0.4 is 14.0 Å². The SMILES string of the molecule is CC1(C)CCC(C)(C)c2cc([Se]c3ccc(C(=O)[O-])cc3)ccc21. The van der Waals surface area contributed by atoms with E-state index in [4.69, 9.17) is 0 Å². The normalized spacial score (nSPS) is 18.0. The van der Waals surface area contributed by atoms with E-state index in [0.29, 0.717) is 0 Å². The van der Waals surface area contributed by atoms with Gasteiger partial charge >= 0.3 is 150 Å². The van der Waals surface area contributed by atoms with Gasteiger partial charge in [0.2, 0.25) is 0 Å². The van der Waals surface area contributed by atoms with Crippen LogP contribution in [-0.2, 0) is 10.8 Å². The van der Waals surface area contributed by atoms with Crippen molar-refractivity contribution in [1.82, 2.24) is 0 Å². The maximum atomic E-state index is 10.9. The summed E-state index contributed by atoms with van der Waals surface area (Å²) in [6, 6.07) is 14.0. The summed E-state index contributed by atoms with van der Waals surface area (Å²) < 4.78 is 2.52. The molecule has 2 aromatic carbocycles. The standard InChI is InChI=1S/C21H24O2Se/c1-20(2)11-12-21(3,4)18-13-16(9-10-17(18)20)24-15-7-5-14(6-8-15)19(22)23/h5-10,13H,11-12H2,1-4H3,(H,22,23)/p-1. The first-order chi connectivity index (χ1) is 11.2. The van der Waals surface area contributed by atoms with Crippen LogP contribution in [0, 0.1) is 0 Å². The van der Waals surface area contributed by atoms with Gasteiger partial charge in [0.1, 0.15) is 0 Å². The minimum atomic E-state index is -1.12. The molecule has 0 aromatic heterocycles. The third kappa shape index (κ3) is 3.29. The molecule has 24 heavy (non-hydrogen) atoms. The van der Waals surface area contributed by atoms with Gasteiger partial charge in [-0.2, -0.15) is 0 Å². The van der Waals surface area contributed by atoms with Crippen molar-refractivity contribution >= 4 is 29.8 Å². The first-order valence-electron chi connectivity index (χ1n) is 8.33. The summed E-state index contributed by atoms with van der Waals surface area (Å²) >= 11 is 0.178. The van der Waals surface area contributed by atoms with Crippen LogP contribution in [0.2, 0.25) is 0 Å². The van der Waals surface area contributed by atoms with Gasteiger partial charge in [-0.1, -0.05) is 0 Å². The number of fused-ring (bicyclic) bond motifs is 1. The number of aromatic carboxylic acids is 1. The molecule has 2 nitrogen and oxygen atoms in total. The van der Waals surface area contributed by atoms with Crippen LogP contribution in [0.3, 0.4) is 0 Å². The molecule has 3 rings (SSSR count). The van der Waals surface area contributed by atoms with Gasteiger partial charge in [-0.05, 0) is 0 Å². The molecule has 0 bridgehead atoms. The topological polar surface area (TPSA) is 40.1 Å². The summed E-state index contributed by atoms with van der Waals surface area (Å²) in [6.07, 6.45) is 2.44.